The molecule has 4 saturated carbocycles. The number of rotatable bonds is 2. The molecule has 1 aromatic heterocycles. The SMILES string of the molecule is Cc1ccc2c(c1)c1c(n2C)C2CCCCC2(C)C1[Si](C)(C)C1C2CCCCC2C2CCCCC21. The van der Waals surface area contributed by atoms with Gasteiger partial charge in [0, 0.05) is 29.6 Å². The van der Waals surface area contributed by atoms with Crippen LogP contribution < -0.4 is 0 Å². The summed E-state index contributed by atoms with van der Waals surface area (Å²) < 4.78 is 2.67. The molecule has 35 heavy (non-hydrogen) atoms. The van der Waals surface area contributed by atoms with E-state index in [1.807, 2.05) is 5.56 Å². The highest BCUT2D eigenvalue weighted by Crippen LogP contribution is 2.71. The summed E-state index contributed by atoms with van der Waals surface area (Å²) >= 11 is 0. The lowest BCUT2D eigenvalue weighted by Gasteiger charge is -2.52. The van der Waals surface area contributed by atoms with Gasteiger partial charge in [0.15, 0.2) is 0 Å². The molecule has 5 aliphatic rings. The van der Waals surface area contributed by atoms with Crippen molar-refractivity contribution in [2.75, 3.05) is 0 Å². The predicted octanol–water partition coefficient (Wildman–Crippen LogP) is 9.49. The lowest BCUT2D eigenvalue weighted by atomic mass is 9.68. The summed E-state index contributed by atoms with van der Waals surface area (Å²) in [4.78, 5) is 0. The van der Waals surface area contributed by atoms with Crippen LogP contribution in [0.2, 0.25) is 18.6 Å². The van der Waals surface area contributed by atoms with E-state index in [1.54, 1.807) is 36.8 Å². The summed E-state index contributed by atoms with van der Waals surface area (Å²) in [5, 5.41) is 1.64. The standard InChI is InChI=1S/C33H49NSi/c1-21-17-18-28-26(20-21)29-30(34(28)3)27-16-10-11-19-33(27,2)32(29)35(4,5)31-24-14-8-6-12-22(24)23-13-7-9-15-25(23)31/h17-18,20,22-25,27,31-32H,6-16,19H2,1-5H3. The summed E-state index contributed by atoms with van der Waals surface area (Å²) in [6.45, 7) is 10.9. The Labute approximate surface area is 215 Å². The summed E-state index contributed by atoms with van der Waals surface area (Å²) in [6.07, 6.45) is 18.1. The quantitative estimate of drug-likeness (QED) is 0.372. The van der Waals surface area contributed by atoms with Gasteiger partial charge in [-0.05, 0) is 90.5 Å². The van der Waals surface area contributed by atoms with E-state index in [0.29, 0.717) is 5.41 Å². The molecule has 7 rings (SSSR count). The summed E-state index contributed by atoms with van der Waals surface area (Å²) in [6, 6.07) is 7.37. The van der Waals surface area contributed by atoms with E-state index in [9.17, 15) is 0 Å². The van der Waals surface area contributed by atoms with Crippen LogP contribution in [-0.4, -0.2) is 12.6 Å². The zero-order valence-corrected chi connectivity index (χ0v) is 24.2. The molecule has 7 atom stereocenters. The number of nitrogens with zero attached hydrogens (tertiary/aromatic N) is 1. The molecule has 0 radical (unpaired) electrons. The molecule has 2 heteroatoms. The van der Waals surface area contributed by atoms with Crippen molar-refractivity contribution in [3.63, 3.8) is 0 Å². The van der Waals surface area contributed by atoms with Crippen molar-refractivity contribution in [1.82, 2.24) is 4.57 Å². The van der Waals surface area contributed by atoms with Gasteiger partial charge in [-0.3, -0.25) is 0 Å². The number of hydrogen-bond acceptors (Lipinski definition) is 0. The van der Waals surface area contributed by atoms with Crippen molar-refractivity contribution in [2.45, 2.75) is 121 Å². The van der Waals surface area contributed by atoms with E-state index < -0.39 is 8.07 Å². The molecule has 7 unspecified atom stereocenters. The number of aryl methyl sites for hydroxylation is 2. The minimum absolute atomic E-state index is 0.491. The monoisotopic (exact) mass is 487 g/mol. The van der Waals surface area contributed by atoms with Crippen LogP contribution in [0.3, 0.4) is 0 Å². The molecule has 1 aromatic carbocycles. The Morgan fingerprint density at radius 2 is 1.43 bits per heavy atom. The zero-order valence-electron chi connectivity index (χ0n) is 23.2. The number of hydrogen-bond donors (Lipinski definition) is 0. The molecule has 1 heterocycles. The van der Waals surface area contributed by atoms with Gasteiger partial charge < -0.3 is 4.57 Å². The highest BCUT2D eigenvalue weighted by Gasteiger charge is 2.64. The third kappa shape index (κ3) is 3.04. The van der Waals surface area contributed by atoms with Gasteiger partial charge in [0.1, 0.15) is 0 Å². The van der Waals surface area contributed by atoms with Crippen LogP contribution in [0.1, 0.15) is 112 Å². The molecule has 4 fully saturated rings. The molecule has 2 aromatic rings. The topological polar surface area (TPSA) is 4.93 Å². The molecule has 5 aliphatic carbocycles. The lowest BCUT2D eigenvalue weighted by molar-refractivity contribution is 0.176. The first-order chi connectivity index (χ1) is 16.8. The van der Waals surface area contributed by atoms with Crippen LogP contribution in [0.5, 0.6) is 0 Å². The smallest absolute Gasteiger partial charge is 0.0596 e. The summed E-state index contributed by atoms with van der Waals surface area (Å²) in [5.41, 5.74) is 9.00. The third-order valence-electron chi connectivity index (χ3n) is 12.8. The van der Waals surface area contributed by atoms with Crippen LogP contribution in [-0.2, 0) is 7.05 Å². The molecule has 0 amide bonds. The molecule has 0 aliphatic heterocycles. The zero-order chi connectivity index (χ0) is 24.1. The van der Waals surface area contributed by atoms with E-state index in [0.717, 1.165) is 40.7 Å². The van der Waals surface area contributed by atoms with E-state index in [2.05, 4.69) is 56.8 Å². The summed E-state index contributed by atoms with van der Waals surface area (Å²) in [7, 11) is 0.789. The number of aromatic nitrogens is 1. The van der Waals surface area contributed by atoms with Gasteiger partial charge in [0.2, 0.25) is 0 Å². The Bertz CT molecular complexity index is 1120. The van der Waals surface area contributed by atoms with Crippen LogP contribution in [0.15, 0.2) is 18.2 Å². The first-order valence-corrected chi connectivity index (χ1v) is 18.6. The Kier molecular flexibility index (Phi) is 5.28. The van der Waals surface area contributed by atoms with Crippen LogP contribution >= 0.6 is 0 Å². The molecule has 0 spiro atoms. The lowest BCUT2D eigenvalue weighted by Crippen LogP contribution is -2.50. The Morgan fingerprint density at radius 3 is 2.09 bits per heavy atom. The van der Waals surface area contributed by atoms with Crippen molar-refractivity contribution in [1.29, 1.82) is 0 Å². The normalized spacial score (nSPS) is 40.9. The van der Waals surface area contributed by atoms with Gasteiger partial charge in [-0.1, -0.05) is 83.0 Å². The fourth-order valence-corrected chi connectivity index (χ4v) is 18.5. The van der Waals surface area contributed by atoms with Gasteiger partial charge in [0.25, 0.3) is 0 Å². The molecular formula is C33H49NSi. The second kappa shape index (κ2) is 7.99. The van der Waals surface area contributed by atoms with E-state index in [-0.39, 0.29) is 0 Å². The average molecular weight is 488 g/mol. The number of fused-ring (bicyclic) bond motifs is 8. The Hall–Kier alpha value is -1.02. The maximum atomic E-state index is 2.92. The molecule has 0 bridgehead atoms. The Balaban J connectivity index is 1.43. The molecule has 190 valence electrons. The van der Waals surface area contributed by atoms with Gasteiger partial charge in [-0.15, -0.1) is 0 Å². The van der Waals surface area contributed by atoms with Gasteiger partial charge in [-0.25, -0.2) is 0 Å². The summed E-state index contributed by atoms with van der Waals surface area (Å²) in [5.74, 6) is 5.06. The highest BCUT2D eigenvalue weighted by molar-refractivity contribution is 6.80. The fraction of sp³-hybridized carbons (Fsp3) is 0.758. The van der Waals surface area contributed by atoms with E-state index in [4.69, 9.17) is 0 Å². The maximum absolute atomic E-state index is 2.92. The highest BCUT2D eigenvalue weighted by atomic mass is 28.3. The first-order valence-electron chi connectivity index (χ1n) is 15.4. The second-order valence-corrected chi connectivity index (χ2v) is 19.6. The molecule has 0 N–H and O–H groups in total. The van der Waals surface area contributed by atoms with E-state index in [1.165, 1.54) is 62.4 Å². The van der Waals surface area contributed by atoms with Crippen molar-refractivity contribution < 1.29 is 0 Å². The van der Waals surface area contributed by atoms with Crippen molar-refractivity contribution in [3.05, 3.63) is 35.0 Å². The molecular weight excluding hydrogens is 438 g/mol. The predicted molar refractivity (Wildman–Crippen MR) is 152 cm³/mol. The minimum Gasteiger partial charge on any atom is -0.347 e. The number of benzene rings is 1. The molecule has 1 nitrogen and oxygen atoms in total. The Morgan fingerprint density at radius 1 is 0.829 bits per heavy atom. The van der Waals surface area contributed by atoms with Crippen LogP contribution in [0, 0.1) is 36.0 Å². The molecule has 0 saturated heterocycles. The van der Waals surface area contributed by atoms with E-state index >= 15 is 0 Å². The largest absolute Gasteiger partial charge is 0.347 e. The first kappa shape index (κ1) is 23.1. The van der Waals surface area contributed by atoms with Crippen LogP contribution in [0.4, 0.5) is 0 Å². The van der Waals surface area contributed by atoms with Crippen molar-refractivity contribution in [2.24, 2.45) is 36.1 Å². The van der Waals surface area contributed by atoms with Gasteiger partial charge in [0.05, 0.1) is 8.07 Å². The van der Waals surface area contributed by atoms with Gasteiger partial charge in [-0.2, -0.15) is 0 Å². The van der Waals surface area contributed by atoms with Crippen LogP contribution in [0.25, 0.3) is 10.9 Å². The third-order valence-corrected chi connectivity index (χ3v) is 17.8. The maximum Gasteiger partial charge on any atom is 0.0596 e. The van der Waals surface area contributed by atoms with Crippen molar-refractivity contribution >= 4 is 19.0 Å². The van der Waals surface area contributed by atoms with Gasteiger partial charge >= 0.3 is 0 Å². The second-order valence-electron chi connectivity index (χ2n) is 14.7. The minimum atomic E-state index is -1.62. The fourth-order valence-electron chi connectivity index (χ4n) is 12.0. The average Bonchev–Trinajstić information content (AvgIpc) is 3.43. The van der Waals surface area contributed by atoms with Crippen molar-refractivity contribution in [3.8, 4) is 0 Å².